The maximum absolute atomic E-state index is 9.84. The zero-order chi connectivity index (χ0) is 11.8. The van der Waals surface area contributed by atoms with Crippen molar-refractivity contribution in [1.82, 2.24) is 0 Å². The number of aliphatic hydroxyl groups excluding tert-OH is 1. The maximum Gasteiger partial charge on any atom is 0.0908 e. The number of hydrogen-bond donors (Lipinski definition) is 1. The van der Waals surface area contributed by atoms with Crippen molar-refractivity contribution in [2.75, 3.05) is 0 Å². The highest BCUT2D eigenvalue weighted by atomic mass is 16.3. The Morgan fingerprint density at radius 2 is 2.06 bits per heavy atom. The fourth-order valence-electron chi connectivity index (χ4n) is 1.55. The summed E-state index contributed by atoms with van der Waals surface area (Å²) in [6, 6.07) is 12.0. The second-order valence-corrected chi connectivity index (χ2v) is 3.94. The van der Waals surface area contributed by atoms with Gasteiger partial charge in [-0.05, 0) is 18.4 Å². The zero-order valence-electron chi connectivity index (χ0n) is 9.50. The summed E-state index contributed by atoms with van der Waals surface area (Å²) in [7, 11) is 0. The first kappa shape index (κ1) is 12.5. The third-order valence-electron chi connectivity index (χ3n) is 2.65. The lowest BCUT2D eigenvalue weighted by atomic mass is 9.97. The van der Waals surface area contributed by atoms with Crippen LogP contribution in [0, 0.1) is 17.2 Å². The minimum Gasteiger partial charge on any atom is -0.393 e. The second-order valence-electron chi connectivity index (χ2n) is 3.94. The van der Waals surface area contributed by atoms with E-state index in [9.17, 15) is 5.11 Å². The van der Waals surface area contributed by atoms with Gasteiger partial charge in [0.15, 0.2) is 0 Å². The number of hydrogen-bond acceptors (Lipinski definition) is 2. The van der Waals surface area contributed by atoms with Crippen LogP contribution in [-0.2, 0) is 6.42 Å². The molecule has 0 radical (unpaired) electrons. The lowest BCUT2D eigenvalue weighted by Crippen LogP contribution is -2.16. The Bertz CT molecular complexity index is 364. The minimum absolute atomic E-state index is 0.0309. The van der Waals surface area contributed by atoms with Crippen molar-refractivity contribution in [3.05, 3.63) is 48.0 Å². The van der Waals surface area contributed by atoms with E-state index in [2.05, 4.69) is 12.1 Å². The molecule has 16 heavy (non-hydrogen) atoms. The lowest BCUT2D eigenvalue weighted by Gasteiger charge is -2.14. The van der Waals surface area contributed by atoms with Gasteiger partial charge in [0.25, 0.3) is 0 Å². The van der Waals surface area contributed by atoms with Crippen LogP contribution in [0.4, 0.5) is 0 Å². The normalized spacial score (nSPS) is 14.6. The molecule has 84 valence electrons. The summed E-state index contributed by atoms with van der Waals surface area (Å²) >= 11 is 0. The third kappa shape index (κ3) is 4.29. The monoisotopic (exact) mass is 215 g/mol. The molecule has 0 bridgehead atoms. The molecule has 1 N–H and O–H groups in total. The predicted octanol–water partition coefficient (Wildman–Crippen LogP) is 2.70. The van der Waals surface area contributed by atoms with Gasteiger partial charge < -0.3 is 5.11 Å². The van der Waals surface area contributed by atoms with Crippen molar-refractivity contribution < 1.29 is 5.11 Å². The molecule has 1 aromatic rings. The van der Waals surface area contributed by atoms with Crippen LogP contribution in [0.1, 0.15) is 18.9 Å². The smallest absolute Gasteiger partial charge is 0.0908 e. The summed E-state index contributed by atoms with van der Waals surface area (Å²) in [5.74, 6) is 0.0309. The van der Waals surface area contributed by atoms with Crippen LogP contribution in [0.15, 0.2) is 42.5 Å². The highest BCUT2D eigenvalue weighted by molar-refractivity contribution is 5.15. The summed E-state index contributed by atoms with van der Waals surface area (Å²) in [6.45, 7) is 1.92. The van der Waals surface area contributed by atoms with Gasteiger partial charge in [-0.25, -0.2) is 0 Å². The van der Waals surface area contributed by atoms with Gasteiger partial charge in [0.1, 0.15) is 0 Å². The number of allylic oxidation sites excluding steroid dienone is 1. The van der Waals surface area contributed by atoms with Crippen molar-refractivity contribution in [2.45, 2.75) is 25.9 Å². The molecule has 2 heteroatoms. The van der Waals surface area contributed by atoms with Crippen LogP contribution < -0.4 is 0 Å². The van der Waals surface area contributed by atoms with Gasteiger partial charge in [0.2, 0.25) is 0 Å². The first-order valence-electron chi connectivity index (χ1n) is 5.52. The Morgan fingerprint density at radius 3 is 2.69 bits per heavy atom. The van der Waals surface area contributed by atoms with Crippen LogP contribution in [0.3, 0.4) is 0 Å². The Kier molecular flexibility index (Phi) is 5.31. The molecule has 0 saturated heterocycles. The van der Waals surface area contributed by atoms with Gasteiger partial charge in [-0.1, -0.05) is 43.3 Å². The van der Waals surface area contributed by atoms with E-state index in [0.717, 1.165) is 12.8 Å². The van der Waals surface area contributed by atoms with E-state index in [0.29, 0.717) is 0 Å². The van der Waals surface area contributed by atoms with E-state index in [1.807, 2.05) is 31.2 Å². The van der Waals surface area contributed by atoms with E-state index in [-0.39, 0.29) is 12.0 Å². The summed E-state index contributed by atoms with van der Waals surface area (Å²) in [6.07, 6.45) is 4.38. The lowest BCUT2D eigenvalue weighted by molar-refractivity contribution is 0.128. The Balaban J connectivity index is 2.38. The topological polar surface area (TPSA) is 44.0 Å². The van der Waals surface area contributed by atoms with Gasteiger partial charge in [-0.3, -0.25) is 0 Å². The Morgan fingerprint density at radius 1 is 1.38 bits per heavy atom. The van der Waals surface area contributed by atoms with E-state index in [1.165, 1.54) is 11.6 Å². The highest BCUT2D eigenvalue weighted by Crippen LogP contribution is 2.12. The molecule has 0 aromatic heterocycles. The van der Waals surface area contributed by atoms with Gasteiger partial charge in [0, 0.05) is 12.0 Å². The molecule has 1 aromatic carbocycles. The summed E-state index contributed by atoms with van der Waals surface area (Å²) in [5.41, 5.74) is 1.23. The average molecular weight is 215 g/mol. The second kappa shape index (κ2) is 6.81. The summed E-state index contributed by atoms with van der Waals surface area (Å²) in [4.78, 5) is 0. The summed E-state index contributed by atoms with van der Waals surface area (Å²) < 4.78 is 0. The van der Waals surface area contributed by atoms with Crippen molar-refractivity contribution in [2.24, 2.45) is 5.92 Å². The van der Waals surface area contributed by atoms with Crippen molar-refractivity contribution in [3.8, 4) is 6.07 Å². The molecular weight excluding hydrogens is 198 g/mol. The molecule has 0 spiro atoms. The molecule has 2 atom stereocenters. The largest absolute Gasteiger partial charge is 0.393 e. The van der Waals surface area contributed by atoms with Crippen molar-refractivity contribution in [3.63, 3.8) is 0 Å². The Hall–Kier alpha value is -1.59. The molecule has 0 aliphatic rings. The van der Waals surface area contributed by atoms with Crippen LogP contribution in [0.25, 0.3) is 0 Å². The van der Waals surface area contributed by atoms with Gasteiger partial charge in [-0.2, -0.15) is 5.26 Å². The fourth-order valence-corrected chi connectivity index (χ4v) is 1.55. The molecule has 0 aliphatic heterocycles. The van der Waals surface area contributed by atoms with Gasteiger partial charge in [0.05, 0.1) is 12.2 Å². The molecule has 2 nitrogen and oxygen atoms in total. The molecular formula is C14H17NO. The molecule has 1 rings (SSSR count). The standard InChI is InChI=1S/C14H17NO/c1-12(6-5-11-15)14(16)10-9-13-7-3-2-4-8-13/h2-8,12,14,16H,9-10H2,1H3/b6-5+/t12-,14-/m1/s1. The number of aliphatic hydroxyl groups is 1. The summed E-state index contributed by atoms with van der Waals surface area (Å²) in [5, 5.41) is 18.2. The highest BCUT2D eigenvalue weighted by Gasteiger charge is 2.10. The quantitative estimate of drug-likeness (QED) is 0.767. The van der Waals surface area contributed by atoms with E-state index >= 15 is 0 Å². The van der Waals surface area contributed by atoms with E-state index in [4.69, 9.17) is 5.26 Å². The van der Waals surface area contributed by atoms with Crippen LogP contribution in [-0.4, -0.2) is 11.2 Å². The molecule has 0 unspecified atom stereocenters. The number of nitrogens with zero attached hydrogens (tertiary/aromatic N) is 1. The van der Waals surface area contributed by atoms with E-state index in [1.54, 1.807) is 6.08 Å². The van der Waals surface area contributed by atoms with E-state index < -0.39 is 0 Å². The predicted molar refractivity (Wildman–Crippen MR) is 64.7 cm³/mol. The number of nitriles is 1. The van der Waals surface area contributed by atoms with Gasteiger partial charge >= 0.3 is 0 Å². The van der Waals surface area contributed by atoms with Gasteiger partial charge in [-0.15, -0.1) is 0 Å². The Labute approximate surface area is 96.8 Å². The van der Waals surface area contributed by atoms with Crippen LogP contribution in [0.2, 0.25) is 0 Å². The number of benzene rings is 1. The van der Waals surface area contributed by atoms with Crippen LogP contribution in [0.5, 0.6) is 0 Å². The minimum atomic E-state index is -0.384. The van der Waals surface area contributed by atoms with Crippen molar-refractivity contribution in [1.29, 1.82) is 5.26 Å². The molecule has 0 aliphatic carbocycles. The SMILES string of the molecule is C[C@H](/C=C/C#N)[C@H](O)CCc1ccccc1. The number of rotatable bonds is 5. The third-order valence-corrected chi connectivity index (χ3v) is 2.65. The van der Waals surface area contributed by atoms with Crippen molar-refractivity contribution >= 4 is 0 Å². The first-order chi connectivity index (χ1) is 7.74. The van der Waals surface area contributed by atoms with Crippen LogP contribution >= 0.6 is 0 Å². The molecule has 0 amide bonds. The number of aryl methyl sites for hydroxylation is 1. The average Bonchev–Trinajstić information content (AvgIpc) is 2.34. The molecule has 0 heterocycles. The zero-order valence-corrected chi connectivity index (χ0v) is 9.50. The first-order valence-corrected chi connectivity index (χ1v) is 5.52. The fraction of sp³-hybridized carbons (Fsp3) is 0.357. The maximum atomic E-state index is 9.84. The molecule has 0 saturated carbocycles. The molecule has 0 fully saturated rings.